The molecule has 0 unspecified atom stereocenters. The van der Waals surface area contributed by atoms with E-state index < -0.39 is 49.1 Å². The molecule has 1 atom stereocenters. The number of benzene rings is 1. The van der Waals surface area contributed by atoms with Crippen LogP contribution in [0, 0.1) is 0 Å². The summed E-state index contributed by atoms with van der Waals surface area (Å²) in [4.78, 5) is 34.4. The zero-order valence-electron chi connectivity index (χ0n) is 15.8. The number of hydrogen-bond acceptors (Lipinski definition) is 9. The Labute approximate surface area is 183 Å². The number of ether oxygens (including phenoxy) is 2. The van der Waals surface area contributed by atoms with Crippen LogP contribution in [0.1, 0.15) is 5.56 Å². The maximum absolute atomic E-state index is 12.6. The number of nitrogens with two attached hydrogens (primary N) is 1. The predicted octanol–water partition coefficient (Wildman–Crippen LogP) is 0.798. The predicted molar refractivity (Wildman–Crippen MR) is 92.1 cm³/mol. The van der Waals surface area contributed by atoms with Gasteiger partial charge in [-0.1, -0.05) is 11.6 Å². The van der Waals surface area contributed by atoms with E-state index in [1.165, 1.54) is 18.2 Å². The van der Waals surface area contributed by atoms with Gasteiger partial charge < -0.3 is 14.8 Å². The Balaban J connectivity index is 2.25. The zero-order valence-corrected chi connectivity index (χ0v) is 16.5. The molecule has 0 bridgehead atoms. The number of halogens is 7. The molecule has 18 heteroatoms. The fraction of sp³-hybridized carbons (Fsp3) is 0.333. The number of nitrogens with one attached hydrogen (secondary N) is 1. The first-order chi connectivity index (χ1) is 15.1. The highest BCUT2D eigenvalue weighted by molar-refractivity contribution is 6.30. The molecule has 33 heavy (non-hydrogen) atoms. The number of tetrazole rings is 1. The van der Waals surface area contributed by atoms with Crippen LogP contribution in [0.3, 0.4) is 0 Å². The average molecular weight is 505 g/mol. The zero-order chi connectivity index (χ0) is 25.0. The van der Waals surface area contributed by atoms with E-state index in [1.807, 2.05) is 5.32 Å². The molecule has 2 aromatic rings. The number of amides is 1. The molecular formula is C15H11ClF6N6O5. The van der Waals surface area contributed by atoms with Gasteiger partial charge in [0.05, 0.1) is 5.69 Å². The van der Waals surface area contributed by atoms with Crippen LogP contribution in [0.25, 0.3) is 5.69 Å². The van der Waals surface area contributed by atoms with Crippen LogP contribution < -0.4 is 11.1 Å². The number of esters is 2. The lowest BCUT2D eigenvalue weighted by atomic mass is 10.1. The molecule has 0 aliphatic rings. The van der Waals surface area contributed by atoms with E-state index in [1.54, 1.807) is 0 Å². The molecule has 0 aliphatic carbocycles. The Bertz CT molecular complexity index is 1030. The van der Waals surface area contributed by atoms with Crippen molar-refractivity contribution < 1.29 is 50.2 Å². The highest BCUT2D eigenvalue weighted by Crippen LogP contribution is 2.23. The number of hydrogen-bond donors (Lipinski definition) is 2. The van der Waals surface area contributed by atoms with E-state index in [2.05, 4.69) is 25.0 Å². The van der Waals surface area contributed by atoms with Gasteiger partial charge in [-0.2, -0.15) is 26.3 Å². The molecule has 0 radical (unpaired) electrons. The number of nitrogens with zero attached hydrogens (tertiary/aromatic N) is 4. The summed E-state index contributed by atoms with van der Waals surface area (Å²) >= 11 is 5.87. The van der Waals surface area contributed by atoms with Crippen LogP contribution in [0.5, 0.6) is 0 Å². The summed E-state index contributed by atoms with van der Waals surface area (Å²) in [6, 6.07) is 4.12. The minimum absolute atomic E-state index is 0.151. The van der Waals surface area contributed by atoms with Crippen molar-refractivity contribution >= 4 is 29.4 Å². The van der Waals surface area contributed by atoms with E-state index in [-0.39, 0.29) is 16.3 Å². The van der Waals surface area contributed by atoms with Crippen molar-refractivity contribution in [3.05, 3.63) is 35.1 Å². The summed E-state index contributed by atoms with van der Waals surface area (Å²) in [6.07, 6.45) is -10.1. The molecule has 0 aliphatic heterocycles. The van der Waals surface area contributed by atoms with Crippen molar-refractivity contribution in [1.29, 1.82) is 0 Å². The highest BCUT2D eigenvalue weighted by atomic mass is 35.5. The van der Waals surface area contributed by atoms with Crippen molar-refractivity contribution in [2.24, 2.45) is 5.73 Å². The van der Waals surface area contributed by atoms with Crippen molar-refractivity contribution in [2.45, 2.75) is 24.6 Å². The minimum Gasteiger partial charge on any atom is -0.453 e. The van der Waals surface area contributed by atoms with Gasteiger partial charge in [-0.15, -0.1) is 5.10 Å². The number of aromatic nitrogens is 4. The molecule has 0 spiro atoms. The number of rotatable bonds is 7. The van der Waals surface area contributed by atoms with E-state index in [0.717, 1.165) is 11.0 Å². The van der Waals surface area contributed by atoms with Gasteiger partial charge in [0, 0.05) is 11.6 Å². The lowest BCUT2D eigenvalue weighted by Crippen LogP contribution is -2.61. The van der Waals surface area contributed by atoms with Gasteiger partial charge in [-0.25, -0.2) is 14.3 Å². The van der Waals surface area contributed by atoms with Gasteiger partial charge in [0.1, 0.15) is 6.33 Å². The standard InChI is InChI=1S/C15H11ClF6N6O5/c16-8-1-2-9(28-6-25-26-27-28)7(3-8)4-24-10(29)13(23,33-12(31)15(20,21)22)5-32-11(30)14(17,18)19/h1-3,6H,4-5,23H2,(H,24,29)/t13-/m0/s1. The molecule has 0 fully saturated rings. The SMILES string of the molecule is N[C@@](COC(=O)C(F)(F)F)(OC(=O)C(F)(F)F)C(=O)NCc1cc(Cl)ccc1-n1cnnn1. The summed E-state index contributed by atoms with van der Waals surface area (Å²) < 4.78 is 83.3. The monoisotopic (exact) mass is 504 g/mol. The van der Waals surface area contributed by atoms with Crippen molar-refractivity contribution in [3.63, 3.8) is 0 Å². The first-order valence-corrected chi connectivity index (χ1v) is 8.64. The summed E-state index contributed by atoms with van der Waals surface area (Å²) in [5, 5.41) is 12.5. The van der Waals surface area contributed by atoms with Crippen LogP contribution in [-0.4, -0.2) is 62.7 Å². The van der Waals surface area contributed by atoms with Crippen molar-refractivity contribution in [2.75, 3.05) is 6.61 Å². The second-order valence-electron chi connectivity index (χ2n) is 6.06. The second kappa shape index (κ2) is 9.57. The maximum atomic E-state index is 12.6. The largest absolute Gasteiger partial charge is 0.491 e. The molecule has 11 nitrogen and oxygen atoms in total. The minimum atomic E-state index is -5.67. The molecule has 3 N–H and O–H groups in total. The van der Waals surface area contributed by atoms with Gasteiger partial charge in [-0.3, -0.25) is 10.5 Å². The normalized spacial score (nSPS) is 13.7. The average Bonchev–Trinajstić information content (AvgIpc) is 3.23. The summed E-state index contributed by atoms with van der Waals surface area (Å²) in [5.74, 6) is -7.62. The Morgan fingerprint density at radius 2 is 1.73 bits per heavy atom. The van der Waals surface area contributed by atoms with E-state index in [9.17, 15) is 40.7 Å². The quantitative estimate of drug-likeness (QED) is 0.317. The van der Waals surface area contributed by atoms with Crippen LogP contribution in [0.4, 0.5) is 26.3 Å². The maximum Gasteiger partial charge on any atom is 0.491 e. The molecule has 2 rings (SSSR count). The number of alkyl halides is 6. The van der Waals surface area contributed by atoms with Crippen LogP contribution in [0.15, 0.2) is 24.5 Å². The highest BCUT2D eigenvalue weighted by Gasteiger charge is 2.50. The van der Waals surface area contributed by atoms with Gasteiger partial charge in [0.15, 0.2) is 6.61 Å². The molecule has 180 valence electrons. The summed E-state index contributed by atoms with van der Waals surface area (Å²) in [5.41, 5.74) is 2.23. The van der Waals surface area contributed by atoms with Gasteiger partial charge in [0.2, 0.25) is 0 Å². The van der Waals surface area contributed by atoms with Crippen molar-refractivity contribution in [1.82, 2.24) is 25.5 Å². The van der Waals surface area contributed by atoms with Crippen molar-refractivity contribution in [3.8, 4) is 5.69 Å². The molecular weight excluding hydrogens is 494 g/mol. The van der Waals surface area contributed by atoms with Gasteiger partial charge in [-0.05, 0) is 34.2 Å². The van der Waals surface area contributed by atoms with Crippen LogP contribution in [-0.2, 0) is 30.4 Å². The number of carbonyl (C=O) groups excluding carboxylic acids is 3. The summed E-state index contributed by atoms with van der Waals surface area (Å²) in [7, 11) is 0. The number of carbonyl (C=O) groups is 3. The summed E-state index contributed by atoms with van der Waals surface area (Å²) in [6.45, 7) is -2.43. The topological polar surface area (TPSA) is 151 Å². The Kier molecular flexibility index (Phi) is 7.48. The van der Waals surface area contributed by atoms with Gasteiger partial charge >= 0.3 is 24.3 Å². The lowest BCUT2D eigenvalue weighted by Gasteiger charge is -2.28. The Morgan fingerprint density at radius 3 is 2.27 bits per heavy atom. The van der Waals surface area contributed by atoms with E-state index in [0.29, 0.717) is 0 Å². The van der Waals surface area contributed by atoms with Gasteiger partial charge in [0.25, 0.3) is 11.6 Å². The van der Waals surface area contributed by atoms with Crippen LogP contribution >= 0.6 is 11.6 Å². The fourth-order valence-electron chi connectivity index (χ4n) is 2.14. The fourth-order valence-corrected chi connectivity index (χ4v) is 2.33. The van der Waals surface area contributed by atoms with E-state index >= 15 is 0 Å². The lowest BCUT2D eigenvalue weighted by molar-refractivity contribution is -0.224. The molecule has 0 saturated heterocycles. The molecule has 1 aromatic carbocycles. The first kappa shape index (κ1) is 25.8. The smallest absolute Gasteiger partial charge is 0.453 e. The Hall–Kier alpha value is -3.47. The molecule has 0 saturated carbocycles. The van der Waals surface area contributed by atoms with E-state index in [4.69, 9.17) is 17.3 Å². The third kappa shape index (κ3) is 6.75. The molecule has 1 heterocycles. The molecule has 1 aromatic heterocycles. The Morgan fingerprint density at radius 1 is 1.09 bits per heavy atom. The third-order valence-electron chi connectivity index (χ3n) is 3.62. The molecule has 1 amide bonds. The van der Waals surface area contributed by atoms with Crippen LogP contribution in [0.2, 0.25) is 5.02 Å². The second-order valence-corrected chi connectivity index (χ2v) is 6.50. The first-order valence-electron chi connectivity index (χ1n) is 8.26. The third-order valence-corrected chi connectivity index (χ3v) is 3.85.